The lowest BCUT2D eigenvalue weighted by Gasteiger charge is -2.15. The minimum atomic E-state index is -3.61. The van der Waals surface area contributed by atoms with Crippen molar-refractivity contribution >= 4 is 28.2 Å². The zero-order chi connectivity index (χ0) is 14.7. The molecule has 9 heteroatoms. The first-order valence-corrected chi connectivity index (χ1v) is 7.22. The number of carbonyl (C=O) groups is 1. The number of halogens is 3. The normalized spacial score (nSPS) is 11.6. The lowest BCUT2D eigenvalue weighted by Crippen LogP contribution is -2.41. The molecule has 0 unspecified atom stereocenters. The van der Waals surface area contributed by atoms with Gasteiger partial charge in [-0.05, 0) is 12.1 Å². The molecule has 114 valence electrons. The van der Waals surface area contributed by atoms with Crippen LogP contribution in [0.15, 0.2) is 29.2 Å². The van der Waals surface area contributed by atoms with E-state index in [-0.39, 0.29) is 22.9 Å². The lowest BCUT2D eigenvalue weighted by molar-refractivity contribution is 0.0118. The molecule has 0 saturated heterocycles. The second-order valence-corrected chi connectivity index (χ2v) is 6.00. The molecule has 1 rings (SSSR count). The highest BCUT2D eigenvalue weighted by Crippen LogP contribution is 2.16. The highest BCUT2D eigenvalue weighted by molar-refractivity contribution is 7.90. The molecule has 1 aromatic rings. The highest BCUT2D eigenvalue weighted by Gasteiger charge is 2.28. The molecule has 1 aromatic carbocycles. The van der Waals surface area contributed by atoms with E-state index in [1.54, 1.807) is 0 Å². The van der Waals surface area contributed by atoms with Crippen LogP contribution in [0.3, 0.4) is 0 Å². The maximum absolute atomic E-state index is 12.9. The largest absolute Gasteiger partial charge is 0.346 e. The topological polar surface area (TPSA) is 89.3 Å². The molecule has 3 N–H and O–H groups in total. The van der Waals surface area contributed by atoms with Crippen molar-refractivity contribution in [3.05, 3.63) is 29.8 Å². The SMILES string of the molecule is CS(=O)(=O)c1ccccc1C(=O)NCC(F)(F)CN.Cl. The predicted octanol–water partition coefficient (Wildman–Crippen LogP) is 0.836. The van der Waals surface area contributed by atoms with Gasteiger partial charge in [0.2, 0.25) is 0 Å². The third-order valence-electron chi connectivity index (χ3n) is 2.34. The number of sulfone groups is 1. The van der Waals surface area contributed by atoms with Crippen molar-refractivity contribution in [2.45, 2.75) is 10.8 Å². The molecule has 0 atom stereocenters. The van der Waals surface area contributed by atoms with E-state index < -0.39 is 34.8 Å². The van der Waals surface area contributed by atoms with Crippen LogP contribution in [0.4, 0.5) is 8.78 Å². The number of amides is 1. The molecule has 0 aliphatic heterocycles. The minimum Gasteiger partial charge on any atom is -0.346 e. The summed E-state index contributed by atoms with van der Waals surface area (Å²) in [6.07, 6.45) is 0.938. The quantitative estimate of drug-likeness (QED) is 0.838. The molecule has 0 spiro atoms. The summed E-state index contributed by atoms with van der Waals surface area (Å²) in [7, 11) is -3.61. The van der Waals surface area contributed by atoms with Gasteiger partial charge in [-0.25, -0.2) is 17.2 Å². The first-order valence-electron chi connectivity index (χ1n) is 5.32. The van der Waals surface area contributed by atoms with Crippen LogP contribution in [0.5, 0.6) is 0 Å². The lowest BCUT2D eigenvalue weighted by atomic mass is 10.2. The van der Waals surface area contributed by atoms with Crippen molar-refractivity contribution in [1.82, 2.24) is 5.32 Å². The smallest absolute Gasteiger partial charge is 0.277 e. The molecule has 1 amide bonds. The number of hydrogen-bond acceptors (Lipinski definition) is 4. The summed E-state index contributed by atoms with van der Waals surface area (Å²) in [5.74, 6) is -4.11. The zero-order valence-corrected chi connectivity index (χ0v) is 12.2. The van der Waals surface area contributed by atoms with E-state index in [4.69, 9.17) is 5.73 Å². The Hall–Kier alpha value is -1.25. The number of hydrogen-bond donors (Lipinski definition) is 2. The van der Waals surface area contributed by atoms with E-state index in [9.17, 15) is 22.0 Å². The second kappa shape index (κ2) is 6.96. The average Bonchev–Trinajstić information content (AvgIpc) is 2.35. The van der Waals surface area contributed by atoms with Gasteiger partial charge < -0.3 is 11.1 Å². The van der Waals surface area contributed by atoms with Gasteiger partial charge in [-0.3, -0.25) is 4.79 Å². The Morgan fingerprint density at radius 3 is 2.40 bits per heavy atom. The Kier molecular flexibility index (Phi) is 6.52. The summed E-state index contributed by atoms with van der Waals surface area (Å²) in [6.45, 7) is -1.85. The average molecular weight is 329 g/mol. The van der Waals surface area contributed by atoms with Gasteiger partial charge in [0, 0.05) is 6.26 Å². The Balaban J connectivity index is 0.00000361. The summed E-state index contributed by atoms with van der Waals surface area (Å²) in [5.41, 5.74) is 4.66. The van der Waals surface area contributed by atoms with Crippen molar-refractivity contribution in [3.8, 4) is 0 Å². The number of carbonyl (C=O) groups excluding carboxylic acids is 1. The van der Waals surface area contributed by atoms with Gasteiger partial charge in [0.1, 0.15) is 0 Å². The monoisotopic (exact) mass is 328 g/mol. The van der Waals surface area contributed by atoms with Crippen LogP contribution in [-0.4, -0.2) is 39.6 Å². The molecule has 0 radical (unpaired) electrons. The Bertz CT molecular complexity index is 579. The van der Waals surface area contributed by atoms with Gasteiger partial charge in [0.15, 0.2) is 9.84 Å². The van der Waals surface area contributed by atoms with Crippen LogP contribution in [0, 0.1) is 0 Å². The van der Waals surface area contributed by atoms with Gasteiger partial charge in [-0.1, -0.05) is 12.1 Å². The second-order valence-electron chi connectivity index (χ2n) is 4.01. The van der Waals surface area contributed by atoms with Crippen molar-refractivity contribution < 1.29 is 22.0 Å². The number of nitrogens with two attached hydrogens (primary N) is 1. The minimum absolute atomic E-state index is 0. The standard InChI is InChI=1S/C11H14F2N2O3S.ClH/c1-19(17,18)9-5-3-2-4-8(9)10(16)15-7-11(12,13)6-14;/h2-5H,6-7,14H2,1H3,(H,15,16);1H. The molecule has 0 saturated carbocycles. The molecule has 0 aliphatic carbocycles. The number of benzene rings is 1. The van der Waals surface area contributed by atoms with E-state index in [0.29, 0.717) is 0 Å². The molecule has 0 fully saturated rings. The van der Waals surface area contributed by atoms with Gasteiger partial charge in [0.25, 0.3) is 11.8 Å². The van der Waals surface area contributed by atoms with E-state index in [2.05, 4.69) is 0 Å². The molecular formula is C11H15ClF2N2O3S. The number of nitrogens with one attached hydrogen (secondary N) is 1. The van der Waals surface area contributed by atoms with Crippen molar-refractivity contribution in [3.63, 3.8) is 0 Å². The van der Waals surface area contributed by atoms with Crippen molar-refractivity contribution in [2.24, 2.45) is 5.73 Å². The van der Waals surface area contributed by atoms with Crippen LogP contribution >= 0.6 is 12.4 Å². The van der Waals surface area contributed by atoms with Crippen molar-refractivity contribution in [2.75, 3.05) is 19.3 Å². The van der Waals surface area contributed by atoms with Gasteiger partial charge in [-0.2, -0.15) is 0 Å². The molecule has 20 heavy (non-hydrogen) atoms. The van der Waals surface area contributed by atoms with Gasteiger partial charge in [-0.15, -0.1) is 12.4 Å². The fraction of sp³-hybridized carbons (Fsp3) is 0.364. The van der Waals surface area contributed by atoms with Crippen molar-refractivity contribution in [1.29, 1.82) is 0 Å². The number of alkyl halides is 2. The fourth-order valence-corrected chi connectivity index (χ4v) is 2.24. The maximum Gasteiger partial charge on any atom is 0.277 e. The predicted molar refractivity (Wildman–Crippen MR) is 73.1 cm³/mol. The number of rotatable bonds is 5. The third kappa shape index (κ3) is 5.03. The van der Waals surface area contributed by atoms with E-state index in [1.165, 1.54) is 24.3 Å². The summed E-state index contributed by atoms with van der Waals surface area (Å²) in [5, 5.41) is 1.97. The zero-order valence-electron chi connectivity index (χ0n) is 10.6. The molecule has 5 nitrogen and oxygen atoms in total. The van der Waals surface area contributed by atoms with E-state index >= 15 is 0 Å². The van der Waals surface area contributed by atoms with Gasteiger partial charge in [0.05, 0.1) is 23.5 Å². The van der Waals surface area contributed by atoms with Crippen LogP contribution in [0.25, 0.3) is 0 Å². The highest BCUT2D eigenvalue weighted by atomic mass is 35.5. The van der Waals surface area contributed by atoms with Gasteiger partial charge >= 0.3 is 0 Å². The van der Waals surface area contributed by atoms with Crippen LogP contribution in [-0.2, 0) is 9.84 Å². The molecular weight excluding hydrogens is 314 g/mol. The molecule has 0 heterocycles. The molecule has 0 aromatic heterocycles. The molecule has 0 bridgehead atoms. The van der Waals surface area contributed by atoms with Crippen LogP contribution < -0.4 is 11.1 Å². The Labute approximate surface area is 121 Å². The Morgan fingerprint density at radius 1 is 1.35 bits per heavy atom. The van der Waals surface area contributed by atoms with E-state index in [0.717, 1.165) is 6.26 Å². The summed E-state index contributed by atoms with van der Waals surface area (Å²) in [4.78, 5) is 11.5. The summed E-state index contributed by atoms with van der Waals surface area (Å²) < 4.78 is 48.7. The van der Waals surface area contributed by atoms with Crippen LogP contribution in [0.2, 0.25) is 0 Å². The fourth-order valence-electron chi connectivity index (χ4n) is 1.35. The van der Waals surface area contributed by atoms with E-state index in [1.807, 2.05) is 5.32 Å². The summed E-state index contributed by atoms with van der Waals surface area (Å²) >= 11 is 0. The first-order chi connectivity index (χ1) is 8.67. The maximum atomic E-state index is 12.9. The third-order valence-corrected chi connectivity index (χ3v) is 3.49. The molecule has 0 aliphatic rings. The van der Waals surface area contributed by atoms with Crippen LogP contribution in [0.1, 0.15) is 10.4 Å². The first kappa shape index (κ1) is 18.8. The summed E-state index contributed by atoms with van der Waals surface area (Å²) in [6, 6.07) is 5.39. The Morgan fingerprint density at radius 2 is 1.90 bits per heavy atom.